The van der Waals surface area contributed by atoms with Gasteiger partial charge in [-0.3, -0.25) is 9.78 Å². The highest BCUT2D eigenvalue weighted by atomic mass is 16.5. The Bertz CT molecular complexity index is 1320. The van der Waals surface area contributed by atoms with Crippen molar-refractivity contribution < 1.29 is 14.6 Å². The number of hydrogen-bond donors (Lipinski definition) is 1. The van der Waals surface area contributed by atoms with E-state index >= 15 is 0 Å². The number of hydrogen-bond acceptors (Lipinski definition) is 6. The maximum absolute atomic E-state index is 13.1. The van der Waals surface area contributed by atoms with E-state index in [1.807, 2.05) is 30.3 Å². The third kappa shape index (κ3) is 3.77. The lowest BCUT2D eigenvalue weighted by molar-refractivity contribution is 0.0591. The Kier molecular flexibility index (Phi) is 5.49. The van der Waals surface area contributed by atoms with Crippen molar-refractivity contribution in [1.82, 2.24) is 14.5 Å². The molecule has 0 atom stereocenters. The number of rotatable bonds is 5. The van der Waals surface area contributed by atoms with E-state index in [9.17, 15) is 14.7 Å². The molecule has 0 amide bonds. The first-order valence-corrected chi connectivity index (χ1v) is 9.81. The zero-order valence-electron chi connectivity index (χ0n) is 17.2. The summed E-state index contributed by atoms with van der Waals surface area (Å²) < 4.78 is 6.41. The van der Waals surface area contributed by atoms with Crippen LogP contribution in [0.5, 0.6) is 5.75 Å². The lowest BCUT2D eigenvalue weighted by atomic mass is 10.0. The number of esters is 1. The second-order valence-electron chi connectivity index (χ2n) is 7.17. The average molecular weight is 415 g/mol. The maximum atomic E-state index is 13.1. The van der Waals surface area contributed by atoms with Crippen LogP contribution in [-0.2, 0) is 17.7 Å². The van der Waals surface area contributed by atoms with Crippen molar-refractivity contribution in [3.63, 3.8) is 0 Å². The molecule has 1 N–H and O–H groups in total. The van der Waals surface area contributed by atoms with Crippen LogP contribution in [0.4, 0.5) is 0 Å². The van der Waals surface area contributed by atoms with Gasteiger partial charge in [0.15, 0.2) is 11.4 Å². The van der Waals surface area contributed by atoms with Crippen molar-refractivity contribution in [2.75, 3.05) is 7.11 Å². The number of pyridine rings is 3. The first-order chi connectivity index (χ1) is 15.0. The highest BCUT2D eigenvalue weighted by Crippen LogP contribution is 2.34. The van der Waals surface area contributed by atoms with Crippen molar-refractivity contribution >= 4 is 16.9 Å². The lowest BCUT2D eigenvalue weighted by Gasteiger charge is -2.17. The largest absolute Gasteiger partial charge is 0.505 e. The summed E-state index contributed by atoms with van der Waals surface area (Å²) in [7, 11) is 1.23. The van der Waals surface area contributed by atoms with Gasteiger partial charge in [0.1, 0.15) is 0 Å². The molecule has 0 aliphatic carbocycles. The van der Waals surface area contributed by atoms with E-state index in [-0.39, 0.29) is 17.0 Å². The predicted molar refractivity (Wildman–Crippen MR) is 117 cm³/mol. The predicted octanol–water partition coefficient (Wildman–Crippen LogP) is 3.50. The minimum absolute atomic E-state index is 0.180. The van der Waals surface area contributed by atoms with E-state index in [1.165, 1.54) is 7.11 Å². The fourth-order valence-corrected chi connectivity index (χ4v) is 3.63. The Morgan fingerprint density at radius 2 is 1.94 bits per heavy atom. The molecule has 3 heterocycles. The molecule has 0 aliphatic heterocycles. The number of methoxy groups -OCH3 is 1. The normalized spacial score (nSPS) is 10.9. The summed E-state index contributed by atoms with van der Waals surface area (Å²) in [5.74, 6) is -1.07. The molecule has 0 bridgehead atoms. The molecule has 4 rings (SSSR count). The van der Waals surface area contributed by atoms with E-state index in [4.69, 9.17) is 4.74 Å². The summed E-state index contributed by atoms with van der Waals surface area (Å²) >= 11 is 0. The van der Waals surface area contributed by atoms with Crippen LogP contribution in [0.25, 0.3) is 22.2 Å². The molecule has 0 spiro atoms. The minimum Gasteiger partial charge on any atom is -0.505 e. The molecule has 0 fully saturated rings. The van der Waals surface area contributed by atoms with Crippen LogP contribution in [0.3, 0.4) is 0 Å². The summed E-state index contributed by atoms with van der Waals surface area (Å²) in [5, 5.41) is 11.2. The summed E-state index contributed by atoms with van der Waals surface area (Å²) in [6.07, 6.45) is 3.84. The van der Waals surface area contributed by atoms with E-state index in [1.54, 1.807) is 42.1 Å². The van der Waals surface area contributed by atoms with Gasteiger partial charge in [0, 0.05) is 35.5 Å². The Morgan fingerprint density at radius 3 is 2.61 bits per heavy atom. The Balaban J connectivity index is 2.02. The molecule has 0 saturated heterocycles. The number of aryl methyl sites for hydroxylation is 3. The molecule has 31 heavy (non-hydrogen) atoms. The molecule has 3 aromatic heterocycles. The zero-order valence-corrected chi connectivity index (χ0v) is 17.2. The van der Waals surface area contributed by atoms with Crippen molar-refractivity contribution in [2.24, 2.45) is 0 Å². The molecule has 0 radical (unpaired) electrons. The number of fused-ring (bicyclic) bond motifs is 1. The maximum Gasteiger partial charge on any atom is 0.360 e. The second-order valence-corrected chi connectivity index (χ2v) is 7.17. The number of ether oxygens (including phenoxy) is 1. The SMILES string of the molecule is COC(=O)c1nc(-c2cccnc2)c2c(cc(C)c(=O)n2CCc2ccccc2)c1O. The minimum atomic E-state index is -0.760. The molecule has 0 aliphatic rings. The van der Waals surface area contributed by atoms with Crippen LogP contribution in [0, 0.1) is 6.92 Å². The van der Waals surface area contributed by atoms with Gasteiger partial charge < -0.3 is 14.4 Å². The van der Waals surface area contributed by atoms with Gasteiger partial charge in [0.25, 0.3) is 5.56 Å². The molecule has 4 aromatic rings. The number of benzene rings is 1. The fourth-order valence-electron chi connectivity index (χ4n) is 3.63. The summed E-state index contributed by atoms with van der Waals surface area (Å²) in [5.41, 5.74) is 2.60. The summed E-state index contributed by atoms with van der Waals surface area (Å²) in [6.45, 7) is 2.06. The second kappa shape index (κ2) is 8.39. The highest BCUT2D eigenvalue weighted by molar-refractivity contribution is 6.03. The van der Waals surface area contributed by atoms with E-state index in [2.05, 4.69) is 9.97 Å². The molecule has 7 heteroatoms. The first kappa shape index (κ1) is 20.3. The lowest BCUT2D eigenvalue weighted by Crippen LogP contribution is -2.24. The first-order valence-electron chi connectivity index (χ1n) is 9.81. The van der Waals surface area contributed by atoms with Crippen molar-refractivity contribution in [3.8, 4) is 17.0 Å². The van der Waals surface area contributed by atoms with E-state index in [0.717, 1.165) is 5.56 Å². The third-order valence-electron chi connectivity index (χ3n) is 5.18. The fraction of sp³-hybridized carbons (Fsp3) is 0.167. The molecule has 156 valence electrons. The monoisotopic (exact) mass is 415 g/mol. The topological polar surface area (TPSA) is 94.3 Å². The van der Waals surface area contributed by atoms with Gasteiger partial charge >= 0.3 is 5.97 Å². The number of carbonyl (C=O) groups excluding carboxylic acids is 1. The smallest absolute Gasteiger partial charge is 0.360 e. The molecule has 7 nitrogen and oxygen atoms in total. The molecular weight excluding hydrogens is 394 g/mol. The van der Waals surface area contributed by atoms with Crippen molar-refractivity contribution in [1.29, 1.82) is 0 Å². The van der Waals surface area contributed by atoms with Gasteiger partial charge in [0.2, 0.25) is 0 Å². The van der Waals surface area contributed by atoms with E-state index in [0.29, 0.717) is 40.7 Å². The standard InChI is InChI=1S/C24H21N3O4/c1-15-13-18-21(27(23(15)29)12-10-16-7-4-3-5-8-16)19(17-9-6-11-25-14-17)26-20(22(18)28)24(30)31-2/h3-9,11,13-14,28H,10,12H2,1-2H3. The van der Waals surface area contributed by atoms with Crippen molar-refractivity contribution in [2.45, 2.75) is 19.9 Å². The zero-order chi connectivity index (χ0) is 22.0. The van der Waals surface area contributed by atoms with Gasteiger partial charge in [0.05, 0.1) is 18.3 Å². The van der Waals surface area contributed by atoms with Gasteiger partial charge in [-0.05, 0) is 37.1 Å². The van der Waals surface area contributed by atoms with Crippen LogP contribution >= 0.6 is 0 Å². The third-order valence-corrected chi connectivity index (χ3v) is 5.18. The number of aromatic nitrogens is 3. The van der Waals surface area contributed by atoms with Crippen LogP contribution in [-0.4, -0.2) is 32.7 Å². The van der Waals surface area contributed by atoms with Crippen LogP contribution in [0.1, 0.15) is 21.6 Å². The molecule has 1 aromatic carbocycles. The van der Waals surface area contributed by atoms with Gasteiger partial charge in [-0.1, -0.05) is 30.3 Å². The number of carbonyl (C=O) groups is 1. The van der Waals surface area contributed by atoms with Gasteiger partial charge in [-0.25, -0.2) is 9.78 Å². The number of aromatic hydroxyl groups is 1. The quantitative estimate of drug-likeness (QED) is 0.502. The Labute approximate surface area is 178 Å². The molecular formula is C24H21N3O4. The summed E-state index contributed by atoms with van der Waals surface area (Å²) in [6, 6.07) is 14.9. The van der Waals surface area contributed by atoms with Crippen LogP contribution in [0.2, 0.25) is 0 Å². The van der Waals surface area contributed by atoms with E-state index < -0.39 is 5.97 Å². The number of nitrogens with zero attached hydrogens (tertiary/aromatic N) is 3. The molecule has 0 saturated carbocycles. The van der Waals surface area contributed by atoms with Gasteiger partial charge in [-0.15, -0.1) is 0 Å². The van der Waals surface area contributed by atoms with Crippen molar-refractivity contribution in [3.05, 3.63) is 88.1 Å². The van der Waals surface area contributed by atoms with Crippen LogP contribution < -0.4 is 5.56 Å². The summed E-state index contributed by atoms with van der Waals surface area (Å²) in [4.78, 5) is 33.9. The Hall–Kier alpha value is -4.00. The highest BCUT2D eigenvalue weighted by Gasteiger charge is 2.23. The Morgan fingerprint density at radius 1 is 1.16 bits per heavy atom. The molecule has 0 unspecified atom stereocenters. The van der Waals surface area contributed by atoms with Crippen LogP contribution in [0.15, 0.2) is 65.7 Å². The average Bonchev–Trinajstić information content (AvgIpc) is 2.81. The van der Waals surface area contributed by atoms with Gasteiger partial charge in [-0.2, -0.15) is 0 Å².